The maximum absolute atomic E-state index is 13.0. The molecular formula is C10H9F2NO. The lowest BCUT2D eigenvalue weighted by atomic mass is 10.2. The van der Waals surface area contributed by atoms with Gasteiger partial charge in [0.25, 0.3) is 0 Å². The number of benzene rings is 1. The molecule has 0 aliphatic carbocycles. The van der Waals surface area contributed by atoms with Gasteiger partial charge >= 0.3 is 0 Å². The summed E-state index contributed by atoms with van der Waals surface area (Å²) in [6.45, 7) is -0.105. The molecule has 1 aromatic rings. The van der Waals surface area contributed by atoms with E-state index in [1.165, 1.54) is 0 Å². The van der Waals surface area contributed by atoms with Gasteiger partial charge in [0.05, 0.1) is 17.9 Å². The maximum atomic E-state index is 13.0. The first-order valence-corrected chi connectivity index (χ1v) is 3.99. The Morgan fingerprint density at radius 2 is 2.00 bits per heavy atom. The molecule has 0 radical (unpaired) electrons. The average Bonchev–Trinajstić information content (AvgIpc) is 2.14. The molecule has 0 spiro atoms. The lowest BCUT2D eigenvalue weighted by molar-refractivity contribution is 0.305. The molecule has 1 aromatic carbocycles. The van der Waals surface area contributed by atoms with Crippen LogP contribution < -0.4 is 5.73 Å². The Labute approximate surface area is 80.4 Å². The summed E-state index contributed by atoms with van der Waals surface area (Å²) in [5.74, 6) is 3.54. The highest BCUT2D eigenvalue weighted by atomic mass is 19.1. The Morgan fingerprint density at radius 1 is 1.29 bits per heavy atom. The van der Waals surface area contributed by atoms with E-state index in [1.807, 2.05) is 0 Å². The minimum absolute atomic E-state index is 0.0508. The van der Waals surface area contributed by atoms with Crippen molar-refractivity contribution in [2.75, 3.05) is 12.3 Å². The smallest absolute Gasteiger partial charge is 0.147 e. The number of aliphatic hydroxyl groups is 1. The van der Waals surface area contributed by atoms with Crippen LogP contribution in [0.25, 0.3) is 0 Å². The van der Waals surface area contributed by atoms with E-state index in [4.69, 9.17) is 10.8 Å². The monoisotopic (exact) mass is 197 g/mol. The third-order valence-electron chi connectivity index (χ3n) is 1.55. The molecule has 0 bridgehead atoms. The molecular weight excluding hydrogens is 188 g/mol. The lowest BCUT2D eigenvalue weighted by Gasteiger charge is -1.98. The van der Waals surface area contributed by atoms with Crippen LogP contribution in [0, 0.1) is 23.5 Å². The fraction of sp³-hybridized carbons (Fsp3) is 0.200. The molecule has 0 aliphatic rings. The summed E-state index contributed by atoms with van der Waals surface area (Å²) in [6, 6.07) is 1.83. The van der Waals surface area contributed by atoms with Crippen LogP contribution in [0.15, 0.2) is 12.1 Å². The van der Waals surface area contributed by atoms with Gasteiger partial charge in [-0.2, -0.15) is 0 Å². The molecule has 14 heavy (non-hydrogen) atoms. The van der Waals surface area contributed by atoms with Gasteiger partial charge in [0.2, 0.25) is 0 Å². The van der Waals surface area contributed by atoms with Gasteiger partial charge in [0.1, 0.15) is 11.6 Å². The number of nitrogens with two attached hydrogens (primary N) is 1. The summed E-state index contributed by atoms with van der Waals surface area (Å²) in [5, 5.41) is 8.42. The SMILES string of the molecule is Nc1cc(F)c(C#CCCO)cc1F. The zero-order valence-corrected chi connectivity index (χ0v) is 7.35. The van der Waals surface area contributed by atoms with Crippen LogP contribution in [0.5, 0.6) is 0 Å². The van der Waals surface area contributed by atoms with Gasteiger partial charge in [-0.05, 0) is 6.07 Å². The molecule has 0 heterocycles. The quantitative estimate of drug-likeness (QED) is 0.526. The largest absolute Gasteiger partial charge is 0.396 e. The van der Waals surface area contributed by atoms with Crippen molar-refractivity contribution >= 4 is 5.69 Å². The number of hydrogen-bond acceptors (Lipinski definition) is 2. The van der Waals surface area contributed by atoms with Crippen LogP contribution in [0.1, 0.15) is 12.0 Å². The van der Waals surface area contributed by atoms with E-state index in [1.54, 1.807) is 0 Å². The molecule has 0 atom stereocenters. The summed E-state index contributed by atoms with van der Waals surface area (Å²) in [5.41, 5.74) is 4.85. The standard InChI is InChI=1S/C10H9F2NO/c11-8-6-10(13)9(12)5-7(8)3-1-2-4-14/h5-6,14H,2,4,13H2. The zero-order valence-electron chi connectivity index (χ0n) is 7.35. The van der Waals surface area contributed by atoms with E-state index >= 15 is 0 Å². The van der Waals surface area contributed by atoms with Crippen LogP contribution in [0.2, 0.25) is 0 Å². The molecule has 0 amide bonds. The van der Waals surface area contributed by atoms with Gasteiger partial charge in [-0.1, -0.05) is 11.8 Å². The summed E-state index contributed by atoms with van der Waals surface area (Å²) >= 11 is 0. The van der Waals surface area contributed by atoms with Crippen LogP contribution in [0.3, 0.4) is 0 Å². The van der Waals surface area contributed by atoms with Gasteiger partial charge in [-0.3, -0.25) is 0 Å². The molecule has 74 valence electrons. The molecule has 0 unspecified atom stereocenters. The predicted molar refractivity (Wildman–Crippen MR) is 49.4 cm³/mol. The fourth-order valence-corrected chi connectivity index (χ4v) is 0.872. The summed E-state index contributed by atoms with van der Waals surface area (Å²) in [4.78, 5) is 0. The predicted octanol–water partition coefficient (Wildman–Crippen LogP) is 1.28. The van der Waals surface area contributed by atoms with Gasteiger partial charge in [0, 0.05) is 12.5 Å². The summed E-state index contributed by atoms with van der Waals surface area (Å²) in [6.07, 6.45) is 0.228. The second-order valence-electron chi connectivity index (χ2n) is 2.63. The van der Waals surface area contributed by atoms with E-state index in [0.29, 0.717) is 0 Å². The molecule has 0 aliphatic heterocycles. The molecule has 4 heteroatoms. The fourth-order valence-electron chi connectivity index (χ4n) is 0.872. The van der Waals surface area contributed by atoms with Crippen molar-refractivity contribution in [3.8, 4) is 11.8 Å². The molecule has 2 nitrogen and oxygen atoms in total. The molecule has 3 N–H and O–H groups in total. The number of hydrogen-bond donors (Lipinski definition) is 2. The van der Waals surface area contributed by atoms with E-state index in [9.17, 15) is 8.78 Å². The van der Waals surface area contributed by atoms with E-state index in [0.717, 1.165) is 12.1 Å². The van der Waals surface area contributed by atoms with Crippen molar-refractivity contribution in [1.82, 2.24) is 0 Å². The highest BCUT2D eigenvalue weighted by Crippen LogP contribution is 2.15. The van der Waals surface area contributed by atoms with Crippen LogP contribution in [-0.2, 0) is 0 Å². The Balaban J connectivity index is 3.00. The second-order valence-corrected chi connectivity index (χ2v) is 2.63. The van der Waals surface area contributed by atoms with Crippen molar-refractivity contribution in [2.24, 2.45) is 0 Å². The first-order chi connectivity index (χ1) is 6.65. The van der Waals surface area contributed by atoms with Crippen LogP contribution >= 0.6 is 0 Å². The lowest BCUT2D eigenvalue weighted by Crippen LogP contribution is -1.94. The third-order valence-corrected chi connectivity index (χ3v) is 1.55. The first-order valence-electron chi connectivity index (χ1n) is 3.99. The first kappa shape index (κ1) is 10.5. The van der Waals surface area contributed by atoms with Crippen molar-refractivity contribution in [3.05, 3.63) is 29.3 Å². The Kier molecular flexibility index (Phi) is 3.43. The summed E-state index contributed by atoms with van der Waals surface area (Å²) < 4.78 is 25.9. The van der Waals surface area contributed by atoms with E-state index < -0.39 is 11.6 Å². The minimum Gasteiger partial charge on any atom is -0.396 e. The number of nitrogen functional groups attached to an aromatic ring is 1. The average molecular weight is 197 g/mol. The van der Waals surface area contributed by atoms with Crippen LogP contribution in [0.4, 0.5) is 14.5 Å². The van der Waals surface area contributed by atoms with E-state index in [2.05, 4.69) is 11.8 Å². The van der Waals surface area contributed by atoms with Crippen molar-refractivity contribution in [1.29, 1.82) is 0 Å². The number of anilines is 1. The highest BCUT2D eigenvalue weighted by molar-refractivity contribution is 5.47. The van der Waals surface area contributed by atoms with Gasteiger partial charge < -0.3 is 10.8 Å². The normalized spacial score (nSPS) is 9.36. The minimum atomic E-state index is -0.695. The third kappa shape index (κ3) is 2.44. The number of rotatable bonds is 1. The highest BCUT2D eigenvalue weighted by Gasteiger charge is 2.04. The van der Waals surface area contributed by atoms with Crippen molar-refractivity contribution < 1.29 is 13.9 Å². The van der Waals surface area contributed by atoms with Crippen LogP contribution in [-0.4, -0.2) is 11.7 Å². The molecule has 1 rings (SSSR count). The second kappa shape index (κ2) is 4.58. The van der Waals surface area contributed by atoms with Gasteiger partial charge in [-0.15, -0.1) is 0 Å². The number of aliphatic hydroxyl groups excluding tert-OH is 1. The number of halogens is 2. The molecule has 0 saturated heterocycles. The molecule has 0 saturated carbocycles. The Bertz CT molecular complexity index is 393. The van der Waals surface area contributed by atoms with Gasteiger partial charge in [-0.25, -0.2) is 8.78 Å². The van der Waals surface area contributed by atoms with E-state index in [-0.39, 0.29) is 24.3 Å². The van der Waals surface area contributed by atoms with Crippen molar-refractivity contribution in [2.45, 2.75) is 6.42 Å². The topological polar surface area (TPSA) is 46.2 Å². The maximum Gasteiger partial charge on any atom is 0.147 e. The molecule has 0 fully saturated rings. The van der Waals surface area contributed by atoms with Crippen molar-refractivity contribution in [3.63, 3.8) is 0 Å². The molecule has 0 aromatic heterocycles. The zero-order chi connectivity index (χ0) is 10.6. The van der Waals surface area contributed by atoms with Gasteiger partial charge in [0.15, 0.2) is 0 Å². The Morgan fingerprint density at radius 3 is 2.64 bits per heavy atom. The Hall–Kier alpha value is -1.60. The summed E-state index contributed by atoms with van der Waals surface area (Å²) in [7, 11) is 0.